The van der Waals surface area contributed by atoms with Crippen molar-refractivity contribution in [2.45, 2.75) is 13.2 Å². The summed E-state index contributed by atoms with van der Waals surface area (Å²) in [5.74, 6) is 0. The van der Waals surface area contributed by atoms with E-state index in [0.29, 0.717) is 26.4 Å². The highest BCUT2D eigenvalue weighted by atomic mass is 16.6. The topological polar surface area (TPSA) is 51.2 Å². The van der Waals surface area contributed by atoms with Crippen molar-refractivity contribution < 1.29 is 19.3 Å². The third kappa shape index (κ3) is 13.8. The second-order valence-corrected chi connectivity index (χ2v) is 3.50. The van der Waals surface area contributed by atoms with Crippen LogP contribution in [0.1, 0.15) is 6.92 Å². The Morgan fingerprint density at radius 1 is 1.00 bits per heavy atom. The van der Waals surface area contributed by atoms with Crippen molar-refractivity contribution in [1.82, 2.24) is 4.90 Å². The van der Waals surface area contributed by atoms with E-state index in [9.17, 15) is 0 Å². The number of hydrogen-bond acceptors (Lipinski definition) is 5. The molecule has 0 rings (SSSR count). The fraction of sp³-hybridized carbons (Fsp3) is 1.00. The summed E-state index contributed by atoms with van der Waals surface area (Å²) >= 11 is 0. The number of aliphatic hydroxyl groups excluding tert-OH is 1. The highest BCUT2D eigenvalue weighted by Crippen LogP contribution is 1.85. The summed E-state index contributed by atoms with van der Waals surface area (Å²) in [5.41, 5.74) is 0. The Bertz CT molecular complexity index is 117. The van der Waals surface area contributed by atoms with E-state index in [1.807, 2.05) is 14.1 Å². The van der Waals surface area contributed by atoms with Crippen LogP contribution < -0.4 is 0 Å². The zero-order valence-electron chi connectivity index (χ0n) is 9.94. The lowest BCUT2D eigenvalue weighted by molar-refractivity contribution is -0.101. The molecule has 0 spiro atoms. The van der Waals surface area contributed by atoms with Gasteiger partial charge in [-0.3, -0.25) is 0 Å². The Kier molecular flexibility index (Phi) is 10.2. The first-order valence-electron chi connectivity index (χ1n) is 5.23. The molecule has 1 atom stereocenters. The average Bonchev–Trinajstić information content (AvgIpc) is 2.14. The van der Waals surface area contributed by atoms with Crippen molar-refractivity contribution >= 4 is 0 Å². The number of rotatable bonds is 10. The second-order valence-electron chi connectivity index (χ2n) is 3.50. The summed E-state index contributed by atoms with van der Waals surface area (Å²) < 4.78 is 15.4. The van der Waals surface area contributed by atoms with Crippen LogP contribution in [0.2, 0.25) is 0 Å². The van der Waals surface area contributed by atoms with Gasteiger partial charge >= 0.3 is 0 Å². The maximum atomic E-state index is 8.77. The molecule has 0 aliphatic carbocycles. The number of likely N-dealkylation sites (N-methyl/N-ethyl adjacent to an activating group) is 1. The first-order valence-corrected chi connectivity index (χ1v) is 5.23. The Hall–Kier alpha value is -0.200. The molecule has 0 saturated carbocycles. The SMILES string of the molecule is CC(O)OCCOCCOCCN(C)C. The molecule has 15 heavy (non-hydrogen) atoms. The molecule has 0 aromatic heterocycles. The predicted molar refractivity (Wildman–Crippen MR) is 57.8 cm³/mol. The van der Waals surface area contributed by atoms with Crippen LogP contribution in [0.4, 0.5) is 0 Å². The summed E-state index contributed by atoms with van der Waals surface area (Å²) in [7, 11) is 4.01. The van der Waals surface area contributed by atoms with Crippen LogP contribution in [0, 0.1) is 0 Å². The fourth-order valence-electron chi connectivity index (χ4n) is 0.847. The molecule has 1 N–H and O–H groups in total. The quantitative estimate of drug-likeness (QED) is 0.413. The fourth-order valence-corrected chi connectivity index (χ4v) is 0.847. The third-order valence-electron chi connectivity index (χ3n) is 1.64. The molecular formula is C10H23NO4. The summed E-state index contributed by atoms with van der Waals surface area (Å²) in [6, 6.07) is 0. The molecule has 0 aromatic rings. The highest BCUT2D eigenvalue weighted by Gasteiger charge is 1.95. The minimum absolute atomic E-state index is 0.412. The standard InChI is InChI=1S/C10H23NO4/c1-10(12)15-9-8-14-7-6-13-5-4-11(2)3/h10,12H,4-9H2,1-3H3. The van der Waals surface area contributed by atoms with Crippen LogP contribution in [0.15, 0.2) is 0 Å². The molecular weight excluding hydrogens is 198 g/mol. The van der Waals surface area contributed by atoms with E-state index in [2.05, 4.69) is 4.90 Å². The summed E-state index contributed by atoms with van der Waals surface area (Å²) in [5, 5.41) is 8.77. The maximum Gasteiger partial charge on any atom is 0.151 e. The van der Waals surface area contributed by atoms with E-state index < -0.39 is 6.29 Å². The van der Waals surface area contributed by atoms with Gasteiger partial charge in [0.1, 0.15) is 0 Å². The number of ether oxygens (including phenoxy) is 3. The van der Waals surface area contributed by atoms with Crippen molar-refractivity contribution in [1.29, 1.82) is 0 Å². The molecule has 92 valence electrons. The van der Waals surface area contributed by atoms with Crippen LogP contribution in [-0.2, 0) is 14.2 Å². The predicted octanol–water partition coefficient (Wildman–Crippen LogP) is -0.0639. The molecule has 0 aliphatic rings. The monoisotopic (exact) mass is 221 g/mol. The largest absolute Gasteiger partial charge is 0.378 e. The second kappa shape index (κ2) is 10.3. The lowest BCUT2D eigenvalue weighted by Crippen LogP contribution is -2.19. The number of hydrogen-bond donors (Lipinski definition) is 1. The Morgan fingerprint density at radius 2 is 1.53 bits per heavy atom. The van der Waals surface area contributed by atoms with Gasteiger partial charge in [0.15, 0.2) is 6.29 Å². The van der Waals surface area contributed by atoms with E-state index in [1.54, 1.807) is 6.92 Å². The number of aliphatic hydroxyl groups is 1. The van der Waals surface area contributed by atoms with E-state index in [0.717, 1.165) is 13.2 Å². The van der Waals surface area contributed by atoms with E-state index in [-0.39, 0.29) is 0 Å². The molecule has 0 bridgehead atoms. The van der Waals surface area contributed by atoms with Gasteiger partial charge in [-0.25, -0.2) is 0 Å². The summed E-state index contributed by atoms with van der Waals surface area (Å²) in [6.45, 7) is 5.28. The van der Waals surface area contributed by atoms with Crippen LogP contribution in [-0.4, -0.2) is 70.0 Å². The van der Waals surface area contributed by atoms with E-state index in [4.69, 9.17) is 19.3 Å². The summed E-state index contributed by atoms with van der Waals surface area (Å²) in [6.07, 6.45) is -0.718. The van der Waals surface area contributed by atoms with Gasteiger partial charge in [-0.05, 0) is 21.0 Å². The lowest BCUT2D eigenvalue weighted by Gasteiger charge is -2.10. The maximum absolute atomic E-state index is 8.77. The van der Waals surface area contributed by atoms with Gasteiger partial charge in [0.25, 0.3) is 0 Å². The van der Waals surface area contributed by atoms with Gasteiger partial charge in [0.05, 0.1) is 33.0 Å². The van der Waals surface area contributed by atoms with Gasteiger partial charge in [-0.2, -0.15) is 0 Å². The van der Waals surface area contributed by atoms with Crippen molar-refractivity contribution in [3.8, 4) is 0 Å². The first-order chi connectivity index (χ1) is 7.13. The zero-order valence-corrected chi connectivity index (χ0v) is 9.94. The van der Waals surface area contributed by atoms with Crippen molar-refractivity contribution in [3.05, 3.63) is 0 Å². The molecule has 5 heteroatoms. The molecule has 1 unspecified atom stereocenters. The summed E-state index contributed by atoms with van der Waals surface area (Å²) in [4.78, 5) is 2.07. The van der Waals surface area contributed by atoms with Gasteiger partial charge in [-0.1, -0.05) is 0 Å². The zero-order chi connectivity index (χ0) is 11.5. The van der Waals surface area contributed by atoms with Crippen LogP contribution in [0.25, 0.3) is 0 Å². The molecule has 0 aromatic carbocycles. The Balaban J connectivity index is 2.93. The normalized spacial score (nSPS) is 13.4. The molecule has 0 radical (unpaired) electrons. The van der Waals surface area contributed by atoms with Crippen molar-refractivity contribution in [2.75, 3.05) is 53.7 Å². The number of nitrogens with zero attached hydrogens (tertiary/aromatic N) is 1. The Labute approximate surface area is 91.9 Å². The Morgan fingerprint density at radius 3 is 2.07 bits per heavy atom. The molecule has 0 heterocycles. The minimum atomic E-state index is -0.718. The third-order valence-corrected chi connectivity index (χ3v) is 1.64. The van der Waals surface area contributed by atoms with Gasteiger partial charge in [0, 0.05) is 6.54 Å². The van der Waals surface area contributed by atoms with E-state index >= 15 is 0 Å². The van der Waals surface area contributed by atoms with Gasteiger partial charge in [-0.15, -0.1) is 0 Å². The smallest absolute Gasteiger partial charge is 0.151 e. The first kappa shape index (κ1) is 14.8. The molecule has 0 saturated heterocycles. The molecule has 0 fully saturated rings. The van der Waals surface area contributed by atoms with Gasteiger partial charge < -0.3 is 24.2 Å². The molecule has 0 aliphatic heterocycles. The lowest BCUT2D eigenvalue weighted by atomic mass is 10.6. The molecule has 5 nitrogen and oxygen atoms in total. The van der Waals surface area contributed by atoms with E-state index in [1.165, 1.54) is 0 Å². The van der Waals surface area contributed by atoms with Crippen molar-refractivity contribution in [2.24, 2.45) is 0 Å². The van der Waals surface area contributed by atoms with Crippen LogP contribution >= 0.6 is 0 Å². The van der Waals surface area contributed by atoms with Crippen LogP contribution in [0.5, 0.6) is 0 Å². The molecule has 0 amide bonds. The minimum Gasteiger partial charge on any atom is -0.378 e. The van der Waals surface area contributed by atoms with Crippen LogP contribution in [0.3, 0.4) is 0 Å². The van der Waals surface area contributed by atoms with Crippen molar-refractivity contribution in [3.63, 3.8) is 0 Å². The van der Waals surface area contributed by atoms with Gasteiger partial charge in [0.2, 0.25) is 0 Å². The highest BCUT2D eigenvalue weighted by molar-refractivity contribution is 4.40. The average molecular weight is 221 g/mol.